The van der Waals surface area contributed by atoms with E-state index in [2.05, 4.69) is 10.1 Å². The summed E-state index contributed by atoms with van der Waals surface area (Å²) in [5.41, 5.74) is 0.846. The molecular weight excluding hydrogens is 544 g/mol. The van der Waals surface area contributed by atoms with Gasteiger partial charge in [0.25, 0.3) is 5.56 Å². The van der Waals surface area contributed by atoms with Crippen LogP contribution in [0.1, 0.15) is 49.3 Å². The Bertz CT molecular complexity index is 1650. The average Bonchev–Trinajstić information content (AvgIpc) is 3.69. The number of aliphatic hydroxyl groups is 1. The molecule has 2 atom stereocenters. The fourth-order valence-corrected chi connectivity index (χ4v) is 7.49. The molecule has 1 N–H and O–H groups in total. The van der Waals surface area contributed by atoms with Gasteiger partial charge in [-0.3, -0.25) is 9.36 Å². The summed E-state index contributed by atoms with van der Waals surface area (Å²) in [5, 5.41) is 17.2. The van der Waals surface area contributed by atoms with Crippen LogP contribution in [0.15, 0.2) is 78.0 Å². The Labute approximate surface area is 250 Å². The van der Waals surface area contributed by atoms with Gasteiger partial charge in [0.2, 0.25) is 0 Å². The van der Waals surface area contributed by atoms with Gasteiger partial charge in [-0.15, -0.1) is 0 Å². The van der Waals surface area contributed by atoms with Crippen molar-refractivity contribution in [3.63, 3.8) is 0 Å². The van der Waals surface area contributed by atoms with Gasteiger partial charge in [0, 0.05) is 25.0 Å². The van der Waals surface area contributed by atoms with Crippen LogP contribution in [0.4, 0.5) is 4.79 Å². The van der Waals surface area contributed by atoms with Crippen LogP contribution in [0, 0.1) is 5.41 Å². The highest BCUT2D eigenvalue weighted by atomic mass is 16.5. The molecule has 7 rings (SSSR count). The number of carbonyl (C=O) groups is 1. The van der Waals surface area contributed by atoms with E-state index in [1.807, 2.05) is 70.5 Å². The van der Waals surface area contributed by atoms with E-state index in [-0.39, 0.29) is 24.2 Å². The summed E-state index contributed by atoms with van der Waals surface area (Å²) in [6.07, 6.45) is 7.14. The predicted octanol–water partition coefficient (Wildman–Crippen LogP) is 3.83. The number of rotatable bonds is 5. The van der Waals surface area contributed by atoms with Gasteiger partial charge in [0.05, 0.1) is 44.1 Å². The standard InChI is InChI=1S/C33H38N6O4/c40-30-27-19-35-39(20-25-9-3-1-4-10-25)29(27)34-24-37(30)23-33(42)15-16-36(22-32(33)13-7-8-14-32)31(41)38-17-18-43-21-28(38)26-11-5-2-6-12-26/h1-6,9-12,19,24,28,42H,7-8,13-18,20-23H2/t28-,33?/m0/s1. The second-order valence-corrected chi connectivity index (χ2v) is 12.4. The maximum absolute atomic E-state index is 14.0. The number of fused-ring (bicyclic) bond motifs is 1. The molecule has 1 spiro atoms. The third-order valence-corrected chi connectivity index (χ3v) is 9.90. The molecule has 0 bridgehead atoms. The number of piperidine rings is 1. The van der Waals surface area contributed by atoms with Crippen LogP contribution in [0.5, 0.6) is 0 Å². The first-order valence-electron chi connectivity index (χ1n) is 15.3. The lowest BCUT2D eigenvalue weighted by Crippen LogP contribution is -2.64. The van der Waals surface area contributed by atoms with Gasteiger partial charge < -0.3 is 19.6 Å². The summed E-state index contributed by atoms with van der Waals surface area (Å²) >= 11 is 0. The summed E-state index contributed by atoms with van der Waals surface area (Å²) in [5.74, 6) is 0. The summed E-state index contributed by atoms with van der Waals surface area (Å²) in [6, 6.07) is 19.9. The quantitative estimate of drug-likeness (QED) is 0.384. The molecule has 224 valence electrons. The Balaban J connectivity index is 1.12. The zero-order chi connectivity index (χ0) is 29.4. The van der Waals surface area contributed by atoms with Crippen molar-refractivity contribution in [1.82, 2.24) is 29.1 Å². The number of amides is 2. The number of carbonyl (C=O) groups excluding carboxylic acids is 1. The molecule has 1 unspecified atom stereocenters. The van der Waals surface area contributed by atoms with Crippen LogP contribution < -0.4 is 5.56 Å². The molecule has 3 fully saturated rings. The highest BCUT2D eigenvalue weighted by Crippen LogP contribution is 2.52. The minimum atomic E-state index is -1.14. The molecule has 43 heavy (non-hydrogen) atoms. The molecule has 2 aliphatic heterocycles. The maximum Gasteiger partial charge on any atom is 0.320 e. The largest absolute Gasteiger partial charge is 0.387 e. The van der Waals surface area contributed by atoms with E-state index in [4.69, 9.17) is 4.74 Å². The molecule has 1 saturated carbocycles. The number of urea groups is 1. The van der Waals surface area contributed by atoms with E-state index in [9.17, 15) is 14.7 Å². The normalized spacial score (nSPS) is 23.7. The molecule has 10 nitrogen and oxygen atoms in total. The summed E-state index contributed by atoms with van der Waals surface area (Å²) in [4.78, 5) is 36.1. The molecule has 4 heterocycles. The van der Waals surface area contributed by atoms with Crippen molar-refractivity contribution in [2.45, 2.75) is 56.8 Å². The maximum atomic E-state index is 14.0. The lowest BCUT2D eigenvalue weighted by Gasteiger charge is -2.53. The molecule has 2 amide bonds. The zero-order valence-corrected chi connectivity index (χ0v) is 24.3. The SMILES string of the molecule is O=C(N1CCC(O)(Cn2cnc3c(cnn3Cc3ccccc3)c2=O)C2(CCCC2)C1)N1CCOC[C@H]1c1ccccc1. The fourth-order valence-electron chi connectivity index (χ4n) is 7.49. The minimum absolute atomic E-state index is 0.00318. The first-order valence-corrected chi connectivity index (χ1v) is 15.3. The Hall–Kier alpha value is -4.02. The number of benzene rings is 2. The van der Waals surface area contributed by atoms with E-state index in [0.29, 0.717) is 56.8 Å². The highest BCUT2D eigenvalue weighted by molar-refractivity contribution is 5.75. The Morgan fingerprint density at radius 1 is 1.00 bits per heavy atom. The van der Waals surface area contributed by atoms with Crippen molar-refractivity contribution < 1.29 is 14.6 Å². The van der Waals surface area contributed by atoms with Crippen molar-refractivity contribution in [3.8, 4) is 0 Å². The number of hydrogen-bond acceptors (Lipinski definition) is 6. The zero-order valence-electron chi connectivity index (χ0n) is 24.3. The third kappa shape index (κ3) is 5.02. The highest BCUT2D eigenvalue weighted by Gasteiger charge is 2.56. The number of aromatic nitrogens is 4. The average molecular weight is 583 g/mol. The molecule has 4 aromatic rings. The van der Waals surface area contributed by atoms with Crippen LogP contribution in [-0.4, -0.2) is 78.7 Å². The summed E-state index contributed by atoms with van der Waals surface area (Å²) in [7, 11) is 0. The van der Waals surface area contributed by atoms with Gasteiger partial charge in [0.1, 0.15) is 11.7 Å². The summed E-state index contributed by atoms with van der Waals surface area (Å²) < 4.78 is 9.05. The molecule has 3 aliphatic rings. The van der Waals surface area contributed by atoms with E-state index < -0.39 is 11.0 Å². The Morgan fingerprint density at radius 2 is 1.74 bits per heavy atom. The van der Waals surface area contributed by atoms with E-state index in [1.54, 1.807) is 21.8 Å². The van der Waals surface area contributed by atoms with Gasteiger partial charge in [-0.25, -0.2) is 14.5 Å². The Kier molecular flexibility index (Phi) is 7.26. The third-order valence-electron chi connectivity index (χ3n) is 9.90. The van der Waals surface area contributed by atoms with Gasteiger partial charge in [-0.2, -0.15) is 5.10 Å². The predicted molar refractivity (Wildman–Crippen MR) is 161 cm³/mol. The number of ether oxygens (including phenoxy) is 1. The smallest absolute Gasteiger partial charge is 0.320 e. The van der Waals surface area contributed by atoms with E-state index in [1.165, 1.54) is 0 Å². The molecule has 1 aliphatic carbocycles. The first kappa shape index (κ1) is 27.8. The van der Waals surface area contributed by atoms with E-state index >= 15 is 0 Å². The van der Waals surface area contributed by atoms with Crippen LogP contribution in [0.3, 0.4) is 0 Å². The van der Waals surface area contributed by atoms with Gasteiger partial charge in [-0.05, 0) is 30.4 Å². The van der Waals surface area contributed by atoms with Crippen LogP contribution >= 0.6 is 0 Å². The molecule has 2 saturated heterocycles. The Morgan fingerprint density at radius 3 is 2.51 bits per heavy atom. The topological polar surface area (TPSA) is 106 Å². The van der Waals surface area contributed by atoms with Crippen LogP contribution in [0.25, 0.3) is 11.0 Å². The van der Waals surface area contributed by atoms with Crippen molar-refractivity contribution in [2.75, 3.05) is 32.8 Å². The molecule has 10 heteroatoms. The van der Waals surface area contributed by atoms with Crippen molar-refractivity contribution in [2.24, 2.45) is 5.41 Å². The number of hydrogen-bond donors (Lipinski definition) is 1. The molecule has 2 aromatic heterocycles. The van der Waals surface area contributed by atoms with E-state index in [0.717, 1.165) is 36.8 Å². The first-order chi connectivity index (χ1) is 21.0. The molecule has 2 aromatic carbocycles. The fraction of sp³-hybridized carbons (Fsp3) is 0.455. The molecular formula is C33H38N6O4. The van der Waals surface area contributed by atoms with Crippen LogP contribution in [0.2, 0.25) is 0 Å². The van der Waals surface area contributed by atoms with Gasteiger partial charge in [0.15, 0.2) is 5.65 Å². The number of nitrogens with zero attached hydrogens (tertiary/aromatic N) is 6. The monoisotopic (exact) mass is 582 g/mol. The van der Waals surface area contributed by atoms with Gasteiger partial charge in [-0.1, -0.05) is 73.5 Å². The van der Waals surface area contributed by atoms with Crippen molar-refractivity contribution in [1.29, 1.82) is 0 Å². The van der Waals surface area contributed by atoms with Crippen molar-refractivity contribution in [3.05, 3.63) is 94.7 Å². The minimum Gasteiger partial charge on any atom is -0.387 e. The second-order valence-electron chi connectivity index (χ2n) is 12.4. The molecule has 0 radical (unpaired) electrons. The van der Waals surface area contributed by atoms with Crippen LogP contribution in [-0.2, 0) is 17.8 Å². The van der Waals surface area contributed by atoms with Crippen molar-refractivity contribution >= 4 is 17.1 Å². The lowest BCUT2D eigenvalue weighted by molar-refractivity contribution is -0.137. The van der Waals surface area contributed by atoms with Gasteiger partial charge >= 0.3 is 6.03 Å². The number of morpholine rings is 1. The second kappa shape index (κ2) is 11.2. The lowest BCUT2D eigenvalue weighted by atomic mass is 9.66. The summed E-state index contributed by atoms with van der Waals surface area (Å²) in [6.45, 7) is 3.08. The number of likely N-dealkylation sites (tertiary alicyclic amines) is 1.